The molecular formula is C14H28N2OS. The third-order valence-electron chi connectivity index (χ3n) is 3.38. The highest BCUT2D eigenvalue weighted by Crippen LogP contribution is 2.26. The molecular weight excluding hydrogens is 244 g/mol. The molecule has 0 heterocycles. The Labute approximate surface area is 116 Å². The number of amides is 1. The van der Waals surface area contributed by atoms with Gasteiger partial charge in [-0.3, -0.25) is 4.79 Å². The first-order valence-corrected chi connectivity index (χ1v) is 8.68. The summed E-state index contributed by atoms with van der Waals surface area (Å²) < 4.78 is 0. The zero-order valence-corrected chi connectivity index (χ0v) is 12.7. The molecule has 1 aliphatic carbocycles. The fourth-order valence-corrected chi connectivity index (χ4v) is 2.66. The van der Waals surface area contributed by atoms with Gasteiger partial charge >= 0.3 is 0 Å². The van der Waals surface area contributed by atoms with Crippen molar-refractivity contribution in [3.63, 3.8) is 0 Å². The van der Waals surface area contributed by atoms with E-state index in [4.69, 9.17) is 0 Å². The highest BCUT2D eigenvalue weighted by Gasteiger charge is 2.30. The summed E-state index contributed by atoms with van der Waals surface area (Å²) in [5.41, 5.74) is 0. The van der Waals surface area contributed by atoms with Crippen molar-refractivity contribution in [3.8, 4) is 0 Å². The van der Waals surface area contributed by atoms with E-state index in [0.717, 1.165) is 13.1 Å². The van der Waals surface area contributed by atoms with Crippen LogP contribution in [0.4, 0.5) is 0 Å². The number of hydrogen-bond donors (Lipinski definition) is 1. The monoisotopic (exact) mass is 272 g/mol. The maximum Gasteiger partial charge on any atom is 0.236 e. The normalized spacial score (nSPS) is 14.8. The molecule has 0 aromatic heterocycles. The zero-order chi connectivity index (χ0) is 13.2. The van der Waals surface area contributed by atoms with Crippen molar-refractivity contribution in [2.24, 2.45) is 0 Å². The number of unbranched alkanes of at least 4 members (excludes halogenated alkanes) is 3. The third-order valence-corrected chi connectivity index (χ3v) is 4.07. The van der Waals surface area contributed by atoms with E-state index >= 15 is 0 Å². The summed E-state index contributed by atoms with van der Waals surface area (Å²) in [5, 5.41) is 3.28. The van der Waals surface area contributed by atoms with Crippen molar-refractivity contribution in [2.75, 3.05) is 31.6 Å². The van der Waals surface area contributed by atoms with Crippen LogP contribution in [0.1, 0.15) is 45.4 Å². The van der Waals surface area contributed by atoms with E-state index in [0.29, 0.717) is 12.6 Å². The lowest BCUT2D eigenvalue weighted by molar-refractivity contribution is -0.130. The number of nitrogens with zero attached hydrogens (tertiary/aromatic N) is 1. The Kier molecular flexibility index (Phi) is 8.51. The lowest BCUT2D eigenvalue weighted by Gasteiger charge is -2.20. The van der Waals surface area contributed by atoms with Gasteiger partial charge in [0.15, 0.2) is 0 Å². The fourth-order valence-electron chi connectivity index (χ4n) is 2.17. The quantitative estimate of drug-likeness (QED) is 0.587. The molecule has 1 rings (SSSR count). The van der Waals surface area contributed by atoms with E-state index in [1.807, 2.05) is 16.7 Å². The predicted molar refractivity (Wildman–Crippen MR) is 80.1 cm³/mol. The van der Waals surface area contributed by atoms with E-state index in [1.54, 1.807) is 0 Å². The Morgan fingerprint density at radius 3 is 2.61 bits per heavy atom. The number of likely N-dealkylation sites (N-methyl/N-ethyl adjacent to an activating group) is 1. The van der Waals surface area contributed by atoms with Crippen LogP contribution in [-0.2, 0) is 4.79 Å². The van der Waals surface area contributed by atoms with Crippen molar-refractivity contribution < 1.29 is 4.79 Å². The molecule has 18 heavy (non-hydrogen) atoms. The topological polar surface area (TPSA) is 32.3 Å². The molecule has 1 fully saturated rings. The van der Waals surface area contributed by atoms with Gasteiger partial charge in [-0.1, -0.05) is 12.8 Å². The second-order valence-electron chi connectivity index (χ2n) is 4.99. The molecule has 3 nitrogen and oxygen atoms in total. The van der Waals surface area contributed by atoms with Gasteiger partial charge in [0.25, 0.3) is 0 Å². The van der Waals surface area contributed by atoms with Crippen molar-refractivity contribution in [2.45, 2.75) is 51.5 Å². The Hall–Kier alpha value is -0.220. The SMILES string of the molecule is CCN(C(=O)CNCCCCCCSC)C1CC1. The molecule has 1 aliphatic rings. The van der Waals surface area contributed by atoms with E-state index in [9.17, 15) is 4.79 Å². The van der Waals surface area contributed by atoms with Crippen LogP contribution in [0.3, 0.4) is 0 Å². The molecule has 0 spiro atoms. The van der Waals surface area contributed by atoms with Crippen LogP contribution in [-0.4, -0.2) is 48.5 Å². The van der Waals surface area contributed by atoms with Crippen molar-refractivity contribution in [1.82, 2.24) is 10.2 Å². The summed E-state index contributed by atoms with van der Waals surface area (Å²) in [6, 6.07) is 0.552. The molecule has 0 aliphatic heterocycles. The van der Waals surface area contributed by atoms with Gasteiger partial charge in [0.2, 0.25) is 5.91 Å². The minimum Gasteiger partial charge on any atom is -0.339 e. The summed E-state index contributed by atoms with van der Waals surface area (Å²) in [6.07, 6.45) is 9.68. The van der Waals surface area contributed by atoms with Crippen LogP contribution >= 0.6 is 11.8 Å². The van der Waals surface area contributed by atoms with E-state index in [2.05, 4.69) is 18.5 Å². The van der Waals surface area contributed by atoms with Gasteiger partial charge in [-0.15, -0.1) is 0 Å². The molecule has 0 unspecified atom stereocenters. The van der Waals surface area contributed by atoms with Gasteiger partial charge in [-0.2, -0.15) is 11.8 Å². The van der Waals surface area contributed by atoms with E-state index in [1.165, 1.54) is 44.3 Å². The molecule has 0 bridgehead atoms. The van der Waals surface area contributed by atoms with Crippen LogP contribution < -0.4 is 5.32 Å². The summed E-state index contributed by atoms with van der Waals surface area (Å²) in [6.45, 7) is 4.43. The summed E-state index contributed by atoms with van der Waals surface area (Å²) in [7, 11) is 0. The minimum absolute atomic E-state index is 0.280. The average molecular weight is 272 g/mol. The number of carbonyl (C=O) groups excluding carboxylic acids is 1. The Bertz CT molecular complexity index is 232. The molecule has 106 valence electrons. The van der Waals surface area contributed by atoms with Crippen molar-refractivity contribution in [3.05, 3.63) is 0 Å². The molecule has 1 N–H and O–H groups in total. The molecule has 0 atom stereocenters. The maximum atomic E-state index is 11.9. The van der Waals surface area contributed by atoms with E-state index < -0.39 is 0 Å². The summed E-state index contributed by atoms with van der Waals surface area (Å²) in [5.74, 6) is 1.56. The molecule has 4 heteroatoms. The predicted octanol–water partition coefficient (Wildman–Crippen LogP) is 2.51. The largest absolute Gasteiger partial charge is 0.339 e. The summed E-state index contributed by atoms with van der Waals surface area (Å²) in [4.78, 5) is 13.9. The lowest BCUT2D eigenvalue weighted by atomic mass is 10.2. The summed E-state index contributed by atoms with van der Waals surface area (Å²) >= 11 is 1.92. The number of thioether (sulfide) groups is 1. The van der Waals surface area contributed by atoms with Crippen LogP contribution in [0.15, 0.2) is 0 Å². The molecule has 1 amide bonds. The van der Waals surface area contributed by atoms with Crippen molar-refractivity contribution in [1.29, 1.82) is 0 Å². The van der Waals surface area contributed by atoms with Crippen molar-refractivity contribution >= 4 is 17.7 Å². The van der Waals surface area contributed by atoms with Gasteiger partial charge in [-0.25, -0.2) is 0 Å². The van der Waals surface area contributed by atoms with Gasteiger partial charge in [0.1, 0.15) is 0 Å². The van der Waals surface area contributed by atoms with Crippen LogP contribution in [0.2, 0.25) is 0 Å². The molecule has 0 radical (unpaired) electrons. The molecule has 1 saturated carbocycles. The smallest absolute Gasteiger partial charge is 0.236 e. The number of carbonyl (C=O) groups is 1. The first-order chi connectivity index (χ1) is 8.79. The number of rotatable bonds is 11. The first kappa shape index (κ1) is 15.8. The second kappa shape index (κ2) is 9.68. The lowest BCUT2D eigenvalue weighted by Crippen LogP contribution is -2.39. The number of hydrogen-bond acceptors (Lipinski definition) is 3. The number of nitrogens with one attached hydrogen (secondary N) is 1. The maximum absolute atomic E-state index is 11.9. The second-order valence-corrected chi connectivity index (χ2v) is 5.98. The minimum atomic E-state index is 0.280. The van der Waals surface area contributed by atoms with Crippen LogP contribution in [0, 0.1) is 0 Å². The molecule has 0 aromatic carbocycles. The van der Waals surface area contributed by atoms with Gasteiger partial charge < -0.3 is 10.2 Å². The van der Waals surface area contributed by atoms with Crippen LogP contribution in [0.25, 0.3) is 0 Å². The molecule has 0 saturated heterocycles. The van der Waals surface area contributed by atoms with Crippen LogP contribution in [0.5, 0.6) is 0 Å². The van der Waals surface area contributed by atoms with E-state index in [-0.39, 0.29) is 5.91 Å². The standard InChI is InChI=1S/C14H28N2OS/c1-3-16(13-8-9-13)14(17)12-15-10-6-4-5-7-11-18-2/h13,15H,3-12H2,1-2H3. The Morgan fingerprint density at radius 2 is 2.00 bits per heavy atom. The Balaban J connectivity index is 1.92. The van der Waals surface area contributed by atoms with Gasteiger partial charge in [0, 0.05) is 12.6 Å². The first-order valence-electron chi connectivity index (χ1n) is 7.28. The fraction of sp³-hybridized carbons (Fsp3) is 0.929. The van der Waals surface area contributed by atoms with Gasteiger partial charge in [-0.05, 0) is 51.2 Å². The third kappa shape index (κ3) is 6.64. The highest BCUT2D eigenvalue weighted by molar-refractivity contribution is 7.98. The van der Waals surface area contributed by atoms with Gasteiger partial charge in [0.05, 0.1) is 6.54 Å². The Morgan fingerprint density at radius 1 is 1.28 bits per heavy atom. The highest BCUT2D eigenvalue weighted by atomic mass is 32.2. The molecule has 0 aromatic rings. The average Bonchev–Trinajstić information content (AvgIpc) is 3.18. The zero-order valence-electron chi connectivity index (χ0n) is 11.9.